The zero-order chi connectivity index (χ0) is 12.2. The number of carbonyl (C=O) groups excluding carboxylic acids is 1. The molecule has 0 bridgehead atoms. The lowest BCUT2D eigenvalue weighted by atomic mass is 10.1. The highest BCUT2D eigenvalue weighted by molar-refractivity contribution is 9.10. The van der Waals surface area contributed by atoms with Gasteiger partial charge in [-0.05, 0) is 6.42 Å². The van der Waals surface area contributed by atoms with Crippen LogP contribution in [-0.4, -0.2) is 17.9 Å². The van der Waals surface area contributed by atoms with Gasteiger partial charge in [0.2, 0.25) is 0 Å². The lowest BCUT2D eigenvalue weighted by Crippen LogP contribution is -2.15. The van der Waals surface area contributed by atoms with Crippen LogP contribution in [0.1, 0.15) is 64.7 Å². The number of halogens is 1. The zero-order valence-corrected chi connectivity index (χ0v) is 12.2. The molecule has 0 heterocycles. The van der Waals surface area contributed by atoms with Gasteiger partial charge in [-0.3, -0.25) is 4.79 Å². The summed E-state index contributed by atoms with van der Waals surface area (Å²) in [7, 11) is 1.43. The Hall–Kier alpha value is -0.0500. The molecule has 0 fully saturated rings. The SMILES string of the molecule is CCCCCCCCCCC(Br)C(=O)OC. The van der Waals surface area contributed by atoms with Gasteiger partial charge >= 0.3 is 5.97 Å². The predicted octanol–water partition coefficient (Wildman–Crippen LogP) is 4.45. The van der Waals surface area contributed by atoms with E-state index in [9.17, 15) is 4.79 Å². The fourth-order valence-electron chi connectivity index (χ4n) is 1.70. The Morgan fingerprint density at radius 3 is 2.06 bits per heavy atom. The maximum Gasteiger partial charge on any atom is 0.319 e. The van der Waals surface area contributed by atoms with Crippen molar-refractivity contribution in [1.82, 2.24) is 0 Å². The number of unbranched alkanes of at least 4 members (excludes halogenated alkanes) is 7. The number of hydrogen-bond acceptors (Lipinski definition) is 2. The van der Waals surface area contributed by atoms with E-state index >= 15 is 0 Å². The third-order valence-corrected chi connectivity index (χ3v) is 3.60. The van der Waals surface area contributed by atoms with Crippen LogP contribution in [0.2, 0.25) is 0 Å². The third kappa shape index (κ3) is 9.20. The number of alkyl halides is 1. The minimum absolute atomic E-state index is 0.113. The Kier molecular flexibility index (Phi) is 11.4. The van der Waals surface area contributed by atoms with Gasteiger partial charge in [-0.1, -0.05) is 74.2 Å². The summed E-state index contributed by atoms with van der Waals surface area (Å²) in [5.74, 6) is -0.150. The molecule has 0 aliphatic rings. The first-order valence-electron chi connectivity index (χ1n) is 6.44. The van der Waals surface area contributed by atoms with Crippen molar-refractivity contribution in [2.75, 3.05) is 7.11 Å². The van der Waals surface area contributed by atoms with Crippen LogP contribution in [0.5, 0.6) is 0 Å². The maximum atomic E-state index is 11.1. The lowest BCUT2D eigenvalue weighted by molar-refractivity contribution is -0.139. The minimum atomic E-state index is -0.150. The van der Waals surface area contributed by atoms with Gasteiger partial charge in [0.15, 0.2) is 0 Å². The van der Waals surface area contributed by atoms with E-state index in [1.165, 1.54) is 52.1 Å². The number of carbonyl (C=O) groups is 1. The van der Waals surface area contributed by atoms with Gasteiger partial charge in [0.25, 0.3) is 0 Å². The molecule has 0 aromatic rings. The highest BCUT2D eigenvalue weighted by Crippen LogP contribution is 2.14. The molecule has 0 saturated heterocycles. The van der Waals surface area contributed by atoms with Crippen LogP contribution in [0.4, 0.5) is 0 Å². The van der Waals surface area contributed by atoms with Crippen LogP contribution >= 0.6 is 15.9 Å². The first-order chi connectivity index (χ1) is 7.72. The Morgan fingerprint density at radius 1 is 1.06 bits per heavy atom. The van der Waals surface area contributed by atoms with Crippen LogP contribution < -0.4 is 0 Å². The molecule has 0 aromatic carbocycles. The van der Waals surface area contributed by atoms with Crippen molar-refractivity contribution >= 4 is 21.9 Å². The fraction of sp³-hybridized carbons (Fsp3) is 0.923. The molecule has 3 heteroatoms. The second kappa shape index (κ2) is 11.4. The van der Waals surface area contributed by atoms with Crippen molar-refractivity contribution in [2.24, 2.45) is 0 Å². The second-order valence-electron chi connectivity index (χ2n) is 4.25. The minimum Gasteiger partial charge on any atom is -0.468 e. The topological polar surface area (TPSA) is 26.3 Å². The van der Waals surface area contributed by atoms with Crippen molar-refractivity contribution in [3.63, 3.8) is 0 Å². The van der Waals surface area contributed by atoms with E-state index < -0.39 is 0 Å². The molecule has 0 saturated carbocycles. The summed E-state index contributed by atoms with van der Waals surface area (Å²) in [5.41, 5.74) is 0. The van der Waals surface area contributed by atoms with Gasteiger partial charge in [0.05, 0.1) is 7.11 Å². The van der Waals surface area contributed by atoms with Gasteiger partial charge in [-0.25, -0.2) is 0 Å². The number of esters is 1. The maximum absolute atomic E-state index is 11.1. The largest absolute Gasteiger partial charge is 0.468 e. The molecule has 0 aliphatic heterocycles. The zero-order valence-electron chi connectivity index (χ0n) is 10.6. The molecule has 0 rings (SSSR count). The molecular formula is C13H25BrO2. The molecule has 1 unspecified atom stereocenters. The number of rotatable bonds is 10. The fourth-order valence-corrected chi connectivity index (χ4v) is 2.21. The first-order valence-corrected chi connectivity index (χ1v) is 7.35. The summed E-state index contributed by atoms with van der Waals surface area (Å²) in [4.78, 5) is 11.0. The highest BCUT2D eigenvalue weighted by atomic mass is 79.9. The Bertz CT molecular complexity index is 171. The Morgan fingerprint density at radius 2 is 1.56 bits per heavy atom. The average Bonchev–Trinajstić information content (AvgIpc) is 2.31. The summed E-state index contributed by atoms with van der Waals surface area (Å²) < 4.78 is 4.65. The van der Waals surface area contributed by atoms with Gasteiger partial charge < -0.3 is 4.74 Å². The average molecular weight is 293 g/mol. The van der Waals surface area contributed by atoms with E-state index in [0.717, 1.165) is 12.8 Å². The van der Waals surface area contributed by atoms with Gasteiger partial charge in [0.1, 0.15) is 4.83 Å². The van der Waals surface area contributed by atoms with Crippen molar-refractivity contribution in [1.29, 1.82) is 0 Å². The summed E-state index contributed by atoms with van der Waals surface area (Å²) in [6.45, 7) is 2.24. The van der Waals surface area contributed by atoms with E-state index in [0.29, 0.717) is 0 Å². The number of methoxy groups -OCH3 is 1. The standard InChI is InChI=1S/C13H25BrO2/c1-3-4-5-6-7-8-9-10-11-12(14)13(15)16-2/h12H,3-11H2,1-2H3. The van der Waals surface area contributed by atoms with Crippen LogP contribution in [0.25, 0.3) is 0 Å². The van der Waals surface area contributed by atoms with Crippen LogP contribution in [-0.2, 0) is 9.53 Å². The van der Waals surface area contributed by atoms with Gasteiger partial charge in [0, 0.05) is 0 Å². The first kappa shape index (κ1) is 16.0. The van der Waals surface area contributed by atoms with Crippen LogP contribution in [0, 0.1) is 0 Å². The molecule has 2 nitrogen and oxygen atoms in total. The molecule has 16 heavy (non-hydrogen) atoms. The quantitative estimate of drug-likeness (QED) is 0.338. The molecule has 0 N–H and O–H groups in total. The third-order valence-electron chi connectivity index (χ3n) is 2.77. The van der Waals surface area contributed by atoms with E-state index in [1.807, 2.05) is 0 Å². The molecule has 96 valence electrons. The van der Waals surface area contributed by atoms with Crippen molar-refractivity contribution < 1.29 is 9.53 Å². The highest BCUT2D eigenvalue weighted by Gasteiger charge is 2.13. The predicted molar refractivity (Wildman–Crippen MR) is 72.0 cm³/mol. The normalized spacial score (nSPS) is 12.4. The van der Waals surface area contributed by atoms with Crippen molar-refractivity contribution in [2.45, 2.75) is 69.5 Å². The van der Waals surface area contributed by atoms with Gasteiger partial charge in [-0.15, -0.1) is 0 Å². The lowest BCUT2D eigenvalue weighted by Gasteiger charge is -2.06. The van der Waals surface area contributed by atoms with Gasteiger partial charge in [-0.2, -0.15) is 0 Å². The number of ether oxygens (including phenoxy) is 1. The van der Waals surface area contributed by atoms with Crippen molar-refractivity contribution in [3.05, 3.63) is 0 Å². The Balaban J connectivity index is 3.17. The Labute approximate surface area is 108 Å². The molecule has 0 aliphatic carbocycles. The molecule has 0 radical (unpaired) electrons. The van der Waals surface area contributed by atoms with E-state index in [4.69, 9.17) is 0 Å². The monoisotopic (exact) mass is 292 g/mol. The molecule has 0 aromatic heterocycles. The molecule has 0 spiro atoms. The molecule has 0 amide bonds. The molecule has 1 atom stereocenters. The summed E-state index contributed by atoms with van der Waals surface area (Å²) in [5, 5.41) is 0. The summed E-state index contributed by atoms with van der Waals surface area (Å²) in [6.07, 6.45) is 11.3. The summed E-state index contributed by atoms with van der Waals surface area (Å²) >= 11 is 3.33. The summed E-state index contributed by atoms with van der Waals surface area (Å²) in [6, 6.07) is 0. The van der Waals surface area contributed by atoms with Crippen molar-refractivity contribution in [3.8, 4) is 0 Å². The van der Waals surface area contributed by atoms with Crippen LogP contribution in [0.3, 0.4) is 0 Å². The van der Waals surface area contributed by atoms with E-state index in [1.54, 1.807) is 0 Å². The smallest absolute Gasteiger partial charge is 0.319 e. The number of hydrogen-bond donors (Lipinski definition) is 0. The second-order valence-corrected chi connectivity index (χ2v) is 5.36. The van der Waals surface area contributed by atoms with E-state index in [2.05, 4.69) is 27.6 Å². The van der Waals surface area contributed by atoms with E-state index in [-0.39, 0.29) is 10.8 Å². The van der Waals surface area contributed by atoms with Crippen LogP contribution in [0.15, 0.2) is 0 Å². The molecular weight excluding hydrogens is 268 g/mol.